The lowest BCUT2D eigenvalue weighted by atomic mass is 10.1. The molecule has 0 aromatic heterocycles. The number of hydrogen-bond donors (Lipinski definition) is 2. The molecule has 0 atom stereocenters. The van der Waals surface area contributed by atoms with Crippen LogP contribution in [-0.2, 0) is 19.6 Å². The minimum absolute atomic E-state index is 0.0388. The van der Waals surface area contributed by atoms with E-state index in [0.29, 0.717) is 17.7 Å². The van der Waals surface area contributed by atoms with Crippen LogP contribution in [0.5, 0.6) is 5.75 Å². The summed E-state index contributed by atoms with van der Waals surface area (Å²) in [6, 6.07) is 10.3. The van der Waals surface area contributed by atoms with Crippen LogP contribution in [-0.4, -0.2) is 40.7 Å². The van der Waals surface area contributed by atoms with Crippen LogP contribution >= 0.6 is 0 Å². The molecule has 0 unspecified atom stereocenters. The van der Waals surface area contributed by atoms with Gasteiger partial charge >= 0.3 is 0 Å². The van der Waals surface area contributed by atoms with Gasteiger partial charge in [-0.15, -0.1) is 0 Å². The van der Waals surface area contributed by atoms with E-state index in [0.717, 1.165) is 5.39 Å². The van der Waals surface area contributed by atoms with E-state index in [-0.39, 0.29) is 24.7 Å². The Morgan fingerprint density at radius 2 is 1.88 bits per heavy atom. The minimum Gasteiger partial charge on any atom is -0.493 e. The Labute approximate surface area is 140 Å². The number of carbonyl (C=O) groups is 1. The monoisotopic (exact) mass is 352 g/mol. The molecular formula is C16H20N2O5S. The van der Waals surface area contributed by atoms with Crippen LogP contribution in [0.4, 0.5) is 0 Å². The predicted octanol–water partition coefficient (Wildman–Crippen LogP) is 1.02. The van der Waals surface area contributed by atoms with Gasteiger partial charge in [-0.3, -0.25) is 4.79 Å². The van der Waals surface area contributed by atoms with Crippen molar-refractivity contribution in [3.63, 3.8) is 0 Å². The average Bonchev–Trinajstić information content (AvgIpc) is 2.54. The Morgan fingerprint density at radius 1 is 1.17 bits per heavy atom. The topological polar surface area (TPSA) is 108 Å². The second kappa shape index (κ2) is 8.09. The third-order valence-electron chi connectivity index (χ3n) is 3.22. The molecule has 0 radical (unpaired) electrons. The molecule has 24 heavy (non-hydrogen) atoms. The first kappa shape index (κ1) is 18.2. The van der Waals surface area contributed by atoms with Crippen LogP contribution in [0.3, 0.4) is 0 Å². The van der Waals surface area contributed by atoms with Crippen LogP contribution in [0.2, 0.25) is 0 Å². The van der Waals surface area contributed by atoms with Crippen LogP contribution in [0.1, 0.15) is 6.92 Å². The molecule has 0 aliphatic rings. The van der Waals surface area contributed by atoms with Crippen molar-refractivity contribution in [2.45, 2.75) is 11.8 Å². The van der Waals surface area contributed by atoms with Crippen molar-refractivity contribution in [2.75, 3.05) is 26.4 Å². The van der Waals surface area contributed by atoms with Gasteiger partial charge in [-0.05, 0) is 19.1 Å². The van der Waals surface area contributed by atoms with E-state index in [1.807, 2.05) is 19.1 Å². The van der Waals surface area contributed by atoms with Gasteiger partial charge in [0, 0.05) is 17.3 Å². The molecule has 0 spiro atoms. The second-order valence-electron chi connectivity index (χ2n) is 4.96. The molecule has 7 nitrogen and oxygen atoms in total. The zero-order valence-corrected chi connectivity index (χ0v) is 14.1. The van der Waals surface area contributed by atoms with Gasteiger partial charge in [0.2, 0.25) is 15.9 Å². The number of nitrogens with two attached hydrogens (primary N) is 1. The van der Waals surface area contributed by atoms with Crippen molar-refractivity contribution in [3.8, 4) is 5.75 Å². The summed E-state index contributed by atoms with van der Waals surface area (Å²) in [5.74, 6) is 0.0344. The average molecular weight is 352 g/mol. The van der Waals surface area contributed by atoms with Crippen molar-refractivity contribution in [1.29, 1.82) is 0 Å². The van der Waals surface area contributed by atoms with Crippen molar-refractivity contribution >= 4 is 26.7 Å². The fourth-order valence-corrected chi connectivity index (χ4v) is 3.48. The number of carbonyl (C=O) groups excluding carboxylic acids is 1. The Kier molecular flexibility index (Phi) is 6.13. The standard InChI is InChI=1S/C16H20N2O5S/c1-2-23-14-7-8-15(13-6-4-3-5-12(13)14)24(20,21)18-9-10-22-11-16(17)19/h3-8,18H,2,9-11H2,1H3,(H2,17,19). The van der Waals surface area contributed by atoms with Gasteiger partial charge in [0.1, 0.15) is 12.4 Å². The molecule has 130 valence electrons. The maximum absolute atomic E-state index is 12.5. The molecule has 0 bridgehead atoms. The molecular weight excluding hydrogens is 332 g/mol. The molecule has 2 rings (SSSR count). The van der Waals surface area contributed by atoms with Crippen molar-refractivity contribution in [1.82, 2.24) is 4.72 Å². The quantitative estimate of drug-likeness (QED) is 0.655. The molecule has 2 aromatic rings. The lowest BCUT2D eigenvalue weighted by molar-refractivity contribution is -0.122. The van der Waals surface area contributed by atoms with Gasteiger partial charge in [0.25, 0.3) is 0 Å². The largest absolute Gasteiger partial charge is 0.493 e. The highest BCUT2D eigenvalue weighted by Gasteiger charge is 2.18. The first-order chi connectivity index (χ1) is 11.5. The lowest BCUT2D eigenvalue weighted by Crippen LogP contribution is -2.29. The molecule has 0 aliphatic carbocycles. The summed E-state index contributed by atoms with van der Waals surface area (Å²) in [5.41, 5.74) is 4.94. The van der Waals surface area contributed by atoms with Crippen LogP contribution in [0, 0.1) is 0 Å². The third-order valence-corrected chi connectivity index (χ3v) is 4.74. The van der Waals surface area contributed by atoms with Gasteiger partial charge in [-0.1, -0.05) is 24.3 Å². The van der Waals surface area contributed by atoms with E-state index in [9.17, 15) is 13.2 Å². The summed E-state index contributed by atoms with van der Waals surface area (Å²) in [5, 5.41) is 1.31. The molecule has 2 aromatic carbocycles. The Morgan fingerprint density at radius 3 is 2.54 bits per heavy atom. The zero-order chi connectivity index (χ0) is 17.6. The molecule has 1 amide bonds. The summed E-state index contributed by atoms with van der Waals surface area (Å²) in [4.78, 5) is 10.7. The smallest absolute Gasteiger partial charge is 0.243 e. The minimum atomic E-state index is -3.72. The Bertz CT molecular complexity index is 820. The Balaban J connectivity index is 2.21. The number of benzene rings is 2. The zero-order valence-electron chi connectivity index (χ0n) is 13.3. The van der Waals surface area contributed by atoms with E-state index in [1.165, 1.54) is 6.07 Å². The number of primary amides is 1. The van der Waals surface area contributed by atoms with E-state index >= 15 is 0 Å². The van der Waals surface area contributed by atoms with Crippen molar-refractivity contribution < 1.29 is 22.7 Å². The molecule has 8 heteroatoms. The number of sulfonamides is 1. The summed E-state index contributed by atoms with van der Waals surface area (Å²) in [7, 11) is -3.72. The van der Waals surface area contributed by atoms with Crippen LogP contribution < -0.4 is 15.2 Å². The molecule has 0 aliphatic heterocycles. The number of nitrogens with one attached hydrogen (secondary N) is 1. The van der Waals surface area contributed by atoms with E-state index in [1.54, 1.807) is 18.2 Å². The van der Waals surface area contributed by atoms with Gasteiger partial charge in [-0.2, -0.15) is 0 Å². The summed E-state index contributed by atoms with van der Waals surface area (Å²) in [6.07, 6.45) is 0. The van der Waals surface area contributed by atoms with E-state index in [2.05, 4.69) is 4.72 Å². The van der Waals surface area contributed by atoms with Gasteiger partial charge in [0.05, 0.1) is 18.1 Å². The first-order valence-electron chi connectivity index (χ1n) is 7.46. The van der Waals surface area contributed by atoms with Gasteiger partial charge in [-0.25, -0.2) is 13.1 Å². The van der Waals surface area contributed by atoms with E-state index < -0.39 is 15.9 Å². The molecule has 0 fully saturated rings. The van der Waals surface area contributed by atoms with Gasteiger partial charge in [0.15, 0.2) is 0 Å². The Hall–Kier alpha value is -2.16. The number of amides is 1. The van der Waals surface area contributed by atoms with Crippen LogP contribution in [0.15, 0.2) is 41.3 Å². The number of fused-ring (bicyclic) bond motifs is 1. The summed E-state index contributed by atoms with van der Waals surface area (Å²) < 4.78 is 38.0. The molecule has 0 heterocycles. The fourth-order valence-electron chi connectivity index (χ4n) is 2.26. The molecule has 0 saturated carbocycles. The number of rotatable bonds is 9. The first-order valence-corrected chi connectivity index (χ1v) is 8.94. The normalized spacial score (nSPS) is 11.5. The second-order valence-corrected chi connectivity index (χ2v) is 6.69. The predicted molar refractivity (Wildman–Crippen MR) is 90.3 cm³/mol. The fraction of sp³-hybridized carbons (Fsp3) is 0.312. The third kappa shape index (κ3) is 4.44. The van der Waals surface area contributed by atoms with Gasteiger partial charge < -0.3 is 15.2 Å². The highest BCUT2D eigenvalue weighted by atomic mass is 32.2. The van der Waals surface area contributed by atoms with Crippen molar-refractivity contribution in [3.05, 3.63) is 36.4 Å². The summed E-state index contributed by atoms with van der Waals surface area (Å²) in [6.45, 7) is 2.21. The molecule has 3 N–H and O–H groups in total. The lowest BCUT2D eigenvalue weighted by Gasteiger charge is -2.13. The van der Waals surface area contributed by atoms with Crippen molar-refractivity contribution in [2.24, 2.45) is 5.73 Å². The SMILES string of the molecule is CCOc1ccc(S(=O)(=O)NCCOCC(N)=O)c2ccccc12. The highest BCUT2D eigenvalue weighted by Crippen LogP contribution is 2.30. The maximum Gasteiger partial charge on any atom is 0.243 e. The van der Waals surface area contributed by atoms with Crippen LogP contribution in [0.25, 0.3) is 10.8 Å². The maximum atomic E-state index is 12.5. The highest BCUT2D eigenvalue weighted by molar-refractivity contribution is 7.89. The summed E-state index contributed by atoms with van der Waals surface area (Å²) >= 11 is 0. The molecule has 0 saturated heterocycles. The number of ether oxygens (including phenoxy) is 2. The number of hydrogen-bond acceptors (Lipinski definition) is 5. The van der Waals surface area contributed by atoms with E-state index in [4.69, 9.17) is 15.2 Å².